The fourth-order valence-corrected chi connectivity index (χ4v) is 4.12. The second-order valence-electron chi connectivity index (χ2n) is 6.90. The molecule has 0 bridgehead atoms. The molecule has 1 aliphatic rings. The van der Waals surface area contributed by atoms with Gasteiger partial charge in [-0.25, -0.2) is 0 Å². The smallest absolute Gasteiger partial charge is 0.172 e. The summed E-state index contributed by atoms with van der Waals surface area (Å²) < 4.78 is 0. The van der Waals surface area contributed by atoms with Crippen LogP contribution in [0.3, 0.4) is 0 Å². The van der Waals surface area contributed by atoms with E-state index in [1.165, 1.54) is 32.3 Å². The first-order valence-corrected chi connectivity index (χ1v) is 8.93. The van der Waals surface area contributed by atoms with Crippen molar-refractivity contribution in [2.75, 3.05) is 6.54 Å². The first-order valence-electron chi connectivity index (χ1n) is 8.93. The molecule has 0 spiro atoms. The molecule has 0 amide bonds. The molecule has 2 nitrogen and oxygen atoms in total. The lowest BCUT2D eigenvalue weighted by Crippen LogP contribution is -2.29. The Kier molecular flexibility index (Phi) is 3.32. The average molecular weight is 325 g/mol. The Labute approximate surface area is 146 Å². The van der Waals surface area contributed by atoms with Gasteiger partial charge in [0.15, 0.2) is 5.78 Å². The van der Waals surface area contributed by atoms with Gasteiger partial charge in [-0.1, -0.05) is 60.7 Å². The zero-order chi connectivity index (χ0) is 16.8. The second-order valence-corrected chi connectivity index (χ2v) is 6.90. The maximum absolute atomic E-state index is 12.3. The molecular formula is C23H19NO. The number of nitrogens with one attached hydrogen (secondary N) is 1. The van der Waals surface area contributed by atoms with Crippen LogP contribution in [0.1, 0.15) is 18.4 Å². The van der Waals surface area contributed by atoms with Gasteiger partial charge < -0.3 is 5.32 Å². The molecule has 4 aromatic carbocycles. The van der Waals surface area contributed by atoms with E-state index < -0.39 is 0 Å². The summed E-state index contributed by atoms with van der Waals surface area (Å²) in [5, 5.41) is 10.9. The van der Waals surface area contributed by atoms with Crippen molar-refractivity contribution < 1.29 is 4.79 Å². The van der Waals surface area contributed by atoms with Crippen molar-refractivity contribution in [1.29, 1.82) is 0 Å². The van der Waals surface area contributed by atoms with Gasteiger partial charge in [-0.3, -0.25) is 4.79 Å². The van der Waals surface area contributed by atoms with Crippen LogP contribution in [0.2, 0.25) is 0 Å². The largest absolute Gasteiger partial charge is 0.307 e. The van der Waals surface area contributed by atoms with Crippen LogP contribution in [0.4, 0.5) is 0 Å². The summed E-state index contributed by atoms with van der Waals surface area (Å²) >= 11 is 0. The van der Waals surface area contributed by atoms with Crippen molar-refractivity contribution in [2.45, 2.75) is 18.9 Å². The summed E-state index contributed by atoms with van der Waals surface area (Å²) in [6.07, 6.45) is 5.76. The normalized spacial score (nSPS) is 18.2. The molecule has 1 saturated heterocycles. The zero-order valence-corrected chi connectivity index (χ0v) is 14.0. The van der Waals surface area contributed by atoms with Crippen LogP contribution in [-0.2, 0) is 4.79 Å². The molecule has 0 aromatic heterocycles. The number of rotatable bonds is 3. The summed E-state index contributed by atoms with van der Waals surface area (Å²) in [6, 6.07) is 19.5. The highest BCUT2D eigenvalue weighted by molar-refractivity contribution is 6.24. The fraction of sp³-hybridized carbons (Fsp3) is 0.174. The first kappa shape index (κ1) is 14.6. The minimum Gasteiger partial charge on any atom is -0.307 e. The minimum atomic E-state index is -0.00367. The van der Waals surface area contributed by atoms with Crippen molar-refractivity contribution in [2.24, 2.45) is 0 Å². The molecule has 0 radical (unpaired) electrons. The van der Waals surface area contributed by atoms with Gasteiger partial charge in [0.25, 0.3) is 0 Å². The monoisotopic (exact) mass is 325 g/mol. The molecule has 2 heteroatoms. The van der Waals surface area contributed by atoms with Gasteiger partial charge in [0.1, 0.15) is 0 Å². The van der Waals surface area contributed by atoms with Gasteiger partial charge in [0, 0.05) is 0 Å². The van der Waals surface area contributed by atoms with Crippen LogP contribution >= 0.6 is 0 Å². The molecule has 122 valence electrons. The summed E-state index contributed by atoms with van der Waals surface area (Å²) in [4.78, 5) is 12.3. The van der Waals surface area contributed by atoms with Gasteiger partial charge in [-0.2, -0.15) is 0 Å². The van der Waals surface area contributed by atoms with E-state index >= 15 is 0 Å². The molecule has 25 heavy (non-hydrogen) atoms. The van der Waals surface area contributed by atoms with Crippen LogP contribution in [0.15, 0.2) is 60.7 Å². The van der Waals surface area contributed by atoms with E-state index in [2.05, 4.69) is 59.9 Å². The van der Waals surface area contributed by atoms with Crippen molar-refractivity contribution in [3.63, 3.8) is 0 Å². The number of ketones is 1. The highest BCUT2D eigenvalue weighted by Gasteiger charge is 2.19. The third-order valence-corrected chi connectivity index (χ3v) is 5.39. The molecule has 1 aliphatic heterocycles. The first-order chi connectivity index (χ1) is 12.3. The van der Waals surface area contributed by atoms with Gasteiger partial charge >= 0.3 is 0 Å². The van der Waals surface area contributed by atoms with E-state index in [0.29, 0.717) is 0 Å². The lowest BCUT2D eigenvalue weighted by molar-refractivity contribution is -0.116. The predicted molar refractivity (Wildman–Crippen MR) is 105 cm³/mol. The van der Waals surface area contributed by atoms with Gasteiger partial charge in [-0.15, -0.1) is 0 Å². The molecule has 4 aromatic rings. The van der Waals surface area contributed by atoms with E-state index in [0.717, 1.165) is 24.9 Å². The highest BCUT2D eigenvalue weighted by Crippen LogP contribution is 2.36. The molecule has 1 atom stereocenters. The zero-order valence-electron chi connectivity index (χ0n) is 14.0. The third kappa shape index (κ3) is 2.33. The molecule has 1 N–H and O–H groups in total. The van der Waals surface area contributed by atoms with Crippen LogP contribution in [0.25, 0.3) is 38.4 Å². The van der Waals surface area contributed by atoms with Gasteiger partial charge in [-0.05, 0) is 63.3 Å². The van der Waals surface area contributed by atoms with E-state index in [9.17, 15) is 4.79 Å². The maximum Gasteiger partial charge on any atom is 0.172 e. The maximum atomic E-state index is 12.3. The third-order valence-electron chi connectivity index (χ3n) is 5.39. The predicted octanol–water partition coefficient (Wildman–Crippen LogP) is 4.92. The molecule has 0 unspecified atom stereocenters. The van der Waals surface area contributed by atoms with Gasteiger partial charge in [0.2, 0.25) is 0 Å². The molecular weight excluding hydrogens is 306 g/mol. The highest BCUT2D eigenvalue weighted by atomic mass is 16.1. The topological polar surface area (TPSA) is 29.1 Å². The molecule has 5 rings (SSSR count). The quantitative estimate of drug-likeness (QED) is 0.428. The molecule has 0 saturated carbocycles. The van der Waals surface area contributed by atoms with E-state index in [-0.39, 0.29) is 11.8 Å². The van der Waals surface area contributed by atoms with E-state index in [1.54, 1.807) is 6.08 Å². The summed E-state index contributed by atoms with van der Waals surface area (Å²) in [5.41, 5.74) is 1.11. The minimum absolute atomic E-state index is 0.00367. The fourth-order valence-electron chi connectivity index (χ4n) is 4.12. The van der Waals surface area contributed by atoms with Crippen LogP contribution in [0, 0.1) is 0 Å². The Morgan fingerprint density at radius 3 is 2.40 bits per heavy atom. The van der Waals surface area contributed by atoms with Crippen LogP contribution in [0.5, 0.6) is 0 Å². The number of hydrogen-bond acceptors (Lipinski definition) is 2. The lowest BCUT2D eigenvalue weighted by Gasteiger charge is -2.12. The van der Waals surface area contributed by atoms with Crippen molar-refractivity contribution in [3.05, 3.63) is 66.2 Å². The molecule has 1 fully saturated rings. The molecule has 1 heterocycles. The Balaban J connectivity index is 1.67. The van der Waals surface area contributed by atoms with Crippen molar-refractivity contribution in [3.8, 4) is 0 Å². The van der Waals surface area contributed by atoms with Crippen LogP contribution in [-0.4, -0.2) is 18.4 Å². The number of carbonyl (C=O) groups is 1. The number of carbonyl (C=O) groups excluding carboxylic acids is 1. The Hall–Kier alpha value is -2.71. The second kappa shape index (κ2) is 5.68. The summed E-state index contributed by atoms with van der Waals surface area (Å²) in [5.74, 6) is 0.184. The lowest BCUT2D eigenvalue weighted by atomic mass is 9.92. The molecule has 0 aliphatic carbocycles. The standard InChI is InChI=1S/C23H19NO/c25-21(20-5-2-14-24-20)13-11-15-6-7-18-9-8-16-3-1-4-17-10-12-19(15)23(18)22(16)17/h1,3-4,6-13,20,24H,2,5,14H2/t20-/m0/s1. The Bertz CT molecular complexity index is 1100. The van der Waals surface area contributed by atoms with Crippen LogP contribution < -0.4 is 5.32 Å². The average Bonchev–Trinajstić information content (AvgIpc) is 3.19. The van der Waals surface area contributed by atoms with Crippen molar-refractivity contribution in [1.82, 2.24) is 5.32 Å². The SMILES string of the molecule is O=C(C=Cc1ccc2ccc3cccc4ccc1c2c34)[C@@H]1CCCN1. The van der Waals surface area contributed by atoms with E-state index in [4.69, 9.17) is 0 Å². The van der Waals surface area contributed by atoms with Gasteiger partial charge in [0.05, 0.1) is 6.04 Å². The Morgan fingerprint density at radius 2 is 1.64 bits per heavy atom. The number of hydrogen-bond donors (Lipinski definition) is 1. The summed E-state index contributed by atoms with van der Waals surface area (Å²) in [7, 11) is 0. The summed E-state index contributed by atoms with van der Waals surface area (Å²) in [6.45, 7) is 0.947. The Morgan fingerprint density at radius 1 is 0.920 bits per heavy atom. The number of benzene rings is 4. The van der Waals surface area contributed by atoms with Crippen molar-refractivity contribution >= 4 is 44.2 Å². The van der Waals surface area contributed by atoms with E-state index in [1.807, 2.05) is 6.08 Å².